The fraction of sp³-hybridized carbons (Fsp3) is 0.600. The summed E-state index contributed by atoms with van der Waals surface area (Å²) < 4.78 is 1.29. The van der Waals surface area contributed by atoms with Crippen molar-refractivity contribution in [1.29, 1.82) is 0 Å². The van der Waals surface area contributed by atoms with E-state index in [0.717, 1.165) is 17.4 Å². The lowest BCUT2D eigenvalue weighted by Crippen LogP contribution is -2.27. The fourth-order valence-electron chi connectivity index (χ4n) is 2.47. The van der Waals surface area contributed by atoms with Crippen LogP contribution in [0.5, 0.6) is 0 Å². The molecule has 100 valence electrons. The number of hydrogen-bond donors (Lipinski definition) is 1. The van der Waals surface area contributed by atoms with E-state index in [1.54, 1.807) is 0 Å². The van der Waals surface area contributed by atoms with Gasteiger partial charge in [0.2, 0.25) is 0 Å². The lowest BCUT2D eigenvalue weighted by Gasteiger charge is -2.22. The van der Waals surface area contributed by atoms with E-state index in [2.05, 4.69) is 58.6 Å². The molecule has 0 radical (unpaired) electrons. The van der Waals surface area contributed by atoms with Crippen LogP contribution in [-0.2, 0) is 6.42 Å². The van der Waals surface area contributed by atoms with Gasteiger partial charge in [0.15, 0.2) is 0 Å². The summed E-state index contributed by atoms with van der Waals surface area (Å²) in [7, 11) is 0. The Morgan fingerprint density at radius 1 is 1.17 bits per heavy atom. The van der Waals surface area contributed by atoms with Gasteiger partial charge in [0.1, 0.15) is 0 Å². The second kappa shape index (κ2) is 7.75. The molecule has 1 aliphatic carbocycles. The Labute approximate surface area is 128 Å². The molecule has 2 rings (SSSR count). The Morgan fingerprint density at radius 2 is 1.83 bits per heavy atom. The normalized spacial score (nSPS) is 18.8. The van der Waals surface area contributed by atoms with E-state index in [1.165, 1.54) is 41.2 Å². The zero-order chi connectivity index (χ0) is 12.8. The van der Waals surface area contributed by atoms with Gasteiger partial charge >= 0.3 is 0 Å². The number of nitrogens with two attached hydrogens (primary N) is 1. The number of halogens is 1. The predicted octanol–water partition coefficient (Wildman–Crippen LogP) is 4.23. The molecule has 3 heteroatoms. The van der Waals surface area contributed by atoms with E-state index < -0.39 is 0 Å². The summed E-state index contributed by atoms with van der Waals surface area (Å²) in [5.41, 5.74) is 7.61. The van der Waals surface area contributed by atoms with Gasteiger partial charge in [-0.15, -0.1) is 0 Å². The third kappa shape index (κ3) is 5.10. The molecule has 1 aromatic carbocycles. The maximum atomic E-state index is 6.24. The average molecular weight is 375 g/mol. The SMILES string of the molecule is NC(CSC1CCCCC1)Cc1ccc(I)cc1. The van der Waals surface area contributed by atoms with Gasteiger partial charge in [0, 0.05) is 20.6 Å². The van der Waals surface area contributed by atoms with Crippen LogP contribution in [-0.4, -0.2) is 17.0 Å². The molecule has 0 saturated heterocycles. The third-order valence-corrected chi connectivity index (χ3v) is 5.79. The van der Waals surface area contributed by atoms with Crippen LogP contribution in [0.15, 0.2) is 24.3 Å². The standard InChI is InChI=1S/C15H22INS/c16-13-8-6-12(7-9-13)10-14(17)11-18-15-4-2-1-3-5-15/h6-9,14-15H,1-5,10-11,17H2. The molecule has 1 unspecified atom stereocenters. The highest BCUT2D eigenvalue weighted by Crippen LogP contribution is 2.28. The van der Waals surface area contributed by atoms with E-state index >= 15 is 0 Å². The quantitative estimate of drug-likeness (QED) is 0.780. The molecule has 18 heavy (non-hydrogen) atoms. The lowest BCUT2D eigenvalue weighted by atomic mass is 10.0. The molecular weight excluding hydrogens is 353 g/mol. The molecule has 2 N–H and O–H groups in total. The van der Waals surface area contributed by atoms with Gasteiger partial charge in [0.25, 0.3) is 0 Å². The zero-order valence-corrected chi connectivity index (χ0v) is 13.8. The molecule has 0 spiro atoms. The van der Waals surface area contributed by atoms with Gasteiger partial charge in [-0.25, -0.2) is 0 Å². The molecule has 1 saturated carbocycles. The molecule has 1 atom stereocenters. The third-order valence-electron chi connectivity index (χ3n) is 3.51. The molecule has 1 nitrogen and oxygen atoms in total. The minimum Gasteiger partial charge on any atom is -0.327 e. The topological polar surface area (TPSA) is 26.0 Å². The van der Waals surface area contributed by atoms with E-state index in [4.69, 9.17) is 5.73 Å². The zero-order valence-electron chi connectivity index (χ0n) is 10.8. The Bertz CT molecular complexity index is 346. The molecule has 0 aromatic heterocycles. The molecule has 1 aromatic rings. The van der Waals surface area contributed by atoms with Gasteiger partial charge in [-0.2, -0.15) is 11.8 Å². The van der Waals surface area contributed by atoms with E-state index in [-0.39, 0.29) is 0 Å². The van der Waals surface area contributed by atoms with Gasteiger partial charge in [-0.05, 0) is 59.5 Å². The van der Waals surface area contributed by atoms with Crippen LogP contribution in [0.3, 0.4) is 0 Å². The predicted molar refractivity (Wildman–Crippen MR) is 90.2 cm³/mol. The summed E-state index contributed by atoms with van der Waals surface area (Å²) in [6.07, 6.45) is 8.10. The largest absolute Gasteiger partial charge is 0.327 e. The van der Waals surface area contributed by atoms with Crippen LogP contribution in [0, 0.1) is 3.57 Å². The van der Waals surface area contributed by atoms with Crippen molar-refractivity contribution in [3.8, 4) is 0 Å². The molecule has 0 heterocycles. The highest BCUT2D eigenvalue weighted by Gasteiger charge is 2.15. The van der Waals surface area contributed by atoms with Crippen LogP contribution in [0.25, 0.3) is 0 Å². The molecular formula is C15H22INS. The molecule has 1 aliphatic rings. The summed E-state index contributed by atoms with van der Waals surface area (Å²) in [4.78, 5) is 0. The van der Waals surface area contributed by atoms with Crippen LogP contribution in [0.4, 0.5) is 0 Å². The Hall–Kier alpha value is 0.260. The second-order valence-corrected chi connectivity index (χ2v) is 7.76. The van der Waals surface area contributed by atoms with Crippen molar-refractivity contribution in [3.05, 3.63) is 33.4 Å². The highest BCUT2D eigenvalue weighted by molar-refractivity contribution is 14.1. The van der Waals surface area contributed by atoms with Gasteiger partial charge in [-0.3, -0.25) is 0 Å². The van der Waals surface area contributed by atoms with Crippen LogP contribution >= 0.6 is 34.4 Å². The summed E-state index contributed by atoms with van der Waals surface area (Å²) in [6, 6.07) is 9.03. The lowest BCUT2D eigenvalue weighted by molar-refractivity contribution is 0.515. The number of benzene rings is 1. The first-order chi connectivity index (χ1) is 8.74. The van der Waals surface area contributed by atoms with E-state index in [1.807, 2.05) is 0 Å². The Morgan fingerprint density at radius 3 is 2.50 bits per heavy atom. The van der Waals surface area contributed by atoms with Crippen molar-refractivity contribution in [2.75, 3.05) is 5.75 Å². The van der Waals surface area contributed by atoms with Crippen molar-refractivity contribution in [2.45, 2.75) is 49.8 Å². The van der Waals surface area contributed by atoms with Crippen LogP contribution in [0.1, 0.15) is 37.7 Å². The molecule has 0 bridgehead atoms. The molecule has 1 fully saturated rings. The minimum absolute atomic E-state index is 0.303. The number of rotatable bonds is 5. The van der Waals surface area contributed by atoms with Crippen molar-refractivity contribution in [3.63, 3.8) is 0 Å². The maximum absolute atomic E-state index is 6.24. The van der Waals surface area contributed by atoms with Crippen molar-refractivity contribution in [2.24, 2.45) is 5.73 Å². The van der Waals surface area contributed by atoms with Gasteiger partial charge in [0.05, 0.1) is 0 Å². The fourth-order valence-corrected chi connectivity index (χ4v) is 4.14. The first-order valence-corrected chi connectivity index (χ1v) is 8.98. The van der Waals surface area contributed by atoms with Gasteiger partial charge < -0.3 is 5.73 Å². The van der Waals surface area contributed by atoms with Crippen molar-refractivity contribution >= 4 is 34.4 Å². The van der Waals surface area contributed by atoms with Crippen molar-refractivity contribution < 1.29 is 0 Å². The van der Waals surface area contributed by atoms with Gasteiger partial charge in [-0.1, -0.05) is 31.4 Å². The maximum Gasteiger partial charge on any atom is 0.0171 e. The summed E-state index contributed by atoms with van der Waals surface area (Å²) >= 11 is 4.44. The highest BCUT2D eigenvalue weighted by atomic mass is 127. The number of thioether (sulfide) groups is 1. The van der Waals surface area contributed by atoms with Crippen molar-refractivity contribution in [1.82, 2.24) is 0 Å². The van der Waals surface area contributed by atoms with E-state index in [0.29, 0.717) is 6.04 Å². The Balaban J connectivity index is 1.71. The minimum atomic E-state index is 0.303. The monoisotopic (exact) mass is 375 g/mol. The Kier molecular flexibility index (Phi) is 6.32. The smallest absolute Gasteiger partial charge is 0.0171 e. The van der Waals surface area contributed by atoms with E-state index in [9.17, 15) is 0 Å². The second-order valence-electron chi connectivity index (χ2n) is 5.18. The summed E-state index contributed by atoms with van der Waals surface area (Å²) in [5, 5.41) is 0.876. The first kappa shape index (κ1) is 14.7. The van der Waals surface area contributed by atoms with Crippen LogP contribution < -0.4 is 5.73 Å². The summed E-state index contributed by atoms with van der Waals surface area (Å²) in [5.74, 6) is 1.11. The first-order valence-electron chi connectivity index (χ1n) is 6.85. The molecule has 0 aliphatic heterocycles. The molecule has 0 amide bonds. The van der Waals surface area contributed by atoms with Crippen LogP contribution in [0.2, 0.25) is 0 Å². The number of hydrogen-bond acceptors (Lipinski definition) is 2. The summed E-state index contributed by atoms with van der Waals surface area (Å²) in [6.45, 7) is 0. The average Bonchev–Trinajstić information content (AvgIpc) is 2.40.